The van der Waals surface area contributed by atoms with Gasteiger partial charge >= 0.3 is 6.18 Å². The van der Waals surface area contributed by atoms with Gasteiger partial charge in [0, 0.05) is 24.5 Å². The number of thiocarbonyl (C=S) groups is 1. The Kier molecular flexibility index (Phi) is 6.58. The molecule has 0 spiro atoms. The number of hydrogen-bond acceptors (Lipinski definition) is 4. The van der Waals surface area contributed by atoms with Crippen LogP contribution in [0, 0.1) is 17.1 Å². The molecule has 1 aliphatic heterocycles. The lowest BCUT2D eigenvalue weighted by molar-refractivity contribution is -0.140. The van der Waals surface area contributed by atoms with E-state index in [0.717, 1.165) is 47.7 Å². The average molecular weight is 516 g/mol. The Labute approximate surface area is 210 Å². The maximum absolute atomic E-state index is 15.1. The van der Waals surface area contributed by atoms with Crippen LogP contribution in [0.4, 0.5) is 28.9 Å². The van der Waals surface area contributed by atoms with Crippen LogP contribution in [0.5, 0.6) is 0 Å². The molecule has 4 rings (SSSR count). The molecule has 1 aliphatic rings. The number of imidazole rings is 1. The van der Waals surface area contributed by atoms with Gasteiger partial charge in [0.05, 0.1) is 17.3 Å². The van der Waals surface area contributed by atoms with Gasteiger partial charge in [-0.3, -0.25) is 9.69 Å². The molecule has 1 aromatic heterocycles. The van der Waals surface area contributed by atoms with Crippen LogP contribution < -0.4 is 9.80 Å². The highest BCUT2D eigenvalue weighted by Crippen LogP contribution is 2.41. The first-order valence-corrected chi connectivity index (χ1v) is 11.4. The molecule has 2 aromatic carbocycles. The number of hydrogen-bond donors (Lipinski definition) is 1. The number of halogens is 4. The number of anilines is 2. The van der Waals surface area contributed by atoms with Crippen molar-refractivity contribution in [2.45, 2.75) is 44.8 Å². The molecular weight excluding hydrogens is 494 g/mol. The fraction of sp³-hybridized carbons (Fsp3) is 0.280. The average Bonchev–Trinajstić information content (AvgIpc) is 3.39. The van der Waals surface area contributed by atoms with E-state index in [9.17, 15) is 18.0 Å². The quantitative estimate of drug-likeness (QED) is 0.345. The van der Waals surface area contributed by atoms with Crippen molar-refractivity contribution in [2.24, 2.45) is 0 Å². The minimum absolute atomic E-state index is 0.160. The fourth-order valence-electron chi connectivity index (χ4n) is 4.26. The number of amides is 1. The molecule has 0 unspecified atom stereocenters. The van der Waals surface area contributed by atoms with Crippen molar-refractivity contribution in [1.82, 2.24) is 9.97 Å². The smallest absolute Gasteiger partial charge is 0.349 e. The second-order valence-corrected chi connectivity index (χ2v) is 9.17. The molecule has 1 amide bonds. The van der Waals surface area contributed by atoms with E-state index >= 15 is 4.39 Å². The molecule has 0 radical (unpaired) electrons. The molecule has 11 heteroatoms. The molecule has 0 saturated carbocycles. The number of benzene rings is 2. The Bertz CT molecular complexity index is 1340. The third kappa shape index (κ3) is 4.44. The topological polar surface area (TPSA) is 76.0 Å². The first-order chi connectivity index (χ1) is 17.0. The highest BCUT2D eigenvalue weighted by atomic mass is 32.1. The van der Waals surface area contributed by atoms with Crippen LogP contribution in [0.15, 0.2) is 48.8 Å². The van der Waals surface area contributed by atoms with Crippen LogP contribution in [0.3, 0.4) is 0 Å². The molecule has 2 heterocycles. The summed E-state index contributed by atoms with van der Waals surface area (Å²) in [7, 11) is 0. The molecule has 3 aromatic rings. The zero-order valence-electron chi connectivity index (χ0n) is 19.4. The lowest BCUT2D eigenvalue weighted by Gasteiger charge is -2.29. The molecule has 36 heavy (non-hydrogen) atoms. The van der Waals surface area contributed by atoms with Crippen molar-refractivity contribution in [1.29, 1.82) is 5.26 Å². The van der Waals surface area contributed by atoms with Gasteiger partial charge in [0.25, 0.3) is 5.91 Å². The van der Waals surface area contributed by atoms with Crippen LogP contribution in [-0.2, 0) is 23.8 Å². The monoisotopic (exact) mass is 515 g/mol. The summed E-state index contributed by atoms with van der Waals surface area (Å²) in [5.41, 5.74) is -2.96. The Morgan fingerprint density at radius 3 is 2.42 bits per heavy atom. The molecule has 0 atom stereocenters. The summed E-state index contributed by atoms with van der Waals surface area (Å²) in [5, 5.41) is 8.87. The fourth-order valence-corrected chi connectivity index (χ4v) is 4.77. The summed E-state index contributed by atoms with van der Waals surface area (Å²) in [5.74, 6) is -1.51. The number of nitrogens with one attached hydrogen (secondary N) is 1. The Morgan fingerprint density at radius 1 is 1.14 bits per heavy atom. The zero-order valence-corrected chi connectivity index (χ0v) is 20.2. The Morgan fingerprint density at radius 2 is 1.83 bits per heavy atom. The second-order valence-electron chi connectivity index (χ2n) is 8.80. The minimum atomic E-state index is -5.13. The molecule has 1 N–H and O–H groups in total. The SMILES string of the molecule is CC1(C)C(=O)N(c2ccc(C#N)c(C(F)(F)F)c2F)C(=S)N1c1ccc(CCCc2ncc[nH]2)cc1. The summed E-state index contributed by atoms with van der Waals surface area (Å²) in [6, 6.07) is 10.5. The number of rotatable bonds is 6. The van der Waals surface area contributed by atoms with E-state index in [4.69, 9.17) is 17.5 Å². The van der Waals surface area contributed by atoms with Crippen molar-refractivity contribution in [2.75, 3.05) is 9.80 Å². The Hall–Kier alpha value is -3.78. The molecule has 6 nitrogen and oxygen atoms in total. The largest absolute Gasteiger partial charge is 0.420 e. The number of carbonyl (C=O) groups excluding carboxylic acids is 1. The van der Waals surface area contributed by atoms with Crippen molar-refractivity contribution >= 4 is 34.6 Å². The minimum Gasteiger partial charge on any atom is -0.349 e. The van der Waals surface area contributed by atoms with Crippen LogP contribution in [0.2, 0.25) is 0 Å². The summed E-state index contributed by atoms with van der Waals surface area (Å²) >= 11 is 5.47. The second kappa shape index (κ2) is 9.35. The molecule has 1 saturated heterocycles. The molecule has 0 bridgehead atoms. The van der Waals surface area contributed by atoms with Gasteiger partial charge in [0.2, 0.25) is 0 Å². The first-order valence-electron chi connectivity index (χ1n) is 11.0. The maximum atomic E-state index is 15.1. The lowest BCUT2D eigenvalue weighted by atomic mass is 10.0. The normalized spacial score (nSPS) is 15.5. The number of H-pyrrole nitrogens is 1. The standard InChI is InChI=1S/C25H21F4N5OS/c1-24(2)22(35)33(18-11-8-16(14-30)20(21(18)26)25(27,28)29)23(36)34(24)17-9-6-15(7-10-17)4-3-5-19-31-12-13-32-19/h6-13H,3-5H2,1-2H3,(H,31,32). The van der Waals surface area contributed by atoms with Gasteiger partial charge in [0.1, 0.15) is 16.9 Å². The third-order valence-corrected chi connectivity index (χ3v) is 6.43. The number of aromatic nitrogens is 2. The lowest BCUT2D eigenvalue weighted by Crippen LogP contribution is -2.44. The van der Waals surface area contributed by atoms with Crippen molar-refractivity contribution < 1.29 is 22.4 Å². The van der Waals surface area contributed by atoms with Gasteiger partial charge in [-0.2, -0.15) is 18.4 Å². The van der Waals surface area contributed by atoms with Gasteiger partial charge in [-0.15, -0.1) is 0 Å². The highest BCUT2D eigenvalue weighted by molar-refractivity contribution is 7.81. The van der Waals surface area contributed by atoms with Gasteiger partial charge in [-0.05, 0) is 68.7 Å². The summed E-state index contributed by atoms with van der Waals surface area (Å²) in [6.45, 7) is 3.12. The summed E-state index contributed by atoms with van der Waals surface area (Å²) in [6.07, 6.45) is 0.782. The first kappa shape index (κ1) is 25.3. The van der Waals surface area contributed by atoms with E-state index in [1.54, 1.807) is 38.4 Å². The zero-order chi connectivity index (χ0) is 26.3. The number of aromatic amines is 1. The van der Waals surface area contributed by atoms with Crippen molar-refractivity contribution in [3.05, 3.63) is 77.1 Å². The number of nitrogens with zero attached hydrogens (tertiary/aromatic N) is 4. The van der Waals surface area contributed by atoms with Crippen LogP contribution in [0.25, 0.3) is 0 Å². The third-order valence-electron chi connectivity index (χ3n) is 6.06. The van der Waals surface area contributed by atoms with Gasteiger partial charge < -0.3 is 9.88 Å². The maximum Gasteiger partial charge on any atom is 0.420 e. The van der Waals surface area contributed by atoms with Crippen LogP contribution in [0.1, 0.15) is 42.8 Å². The number of nitriles is 1. The van der Waals surface area contributed by atoms with E-state index in [2.05, 4.69) is 9.97 Å². The number of carbonyl (C=O) groups is 1. The predicted octanol–water partition coefficient (Wildman–Crippen LogP) is 5.53. The van der Waals surface area contributed by atoms with Crippen molar-refractivity contribution in [3.63, 3.8) is 0 Å². The molecular formula is C25H21F4N5OS. The van der Waals surface area contributed by atoms with Gasteiger partial charge in [-0.25, -0.2) is 9.37 Å². The predicted molar refractivity (Wildman–Crippen MR) is 130 cm³/mol. The van der Waals surface area contributed by atoms with E-state index in [1.807, 2.05) is 12.1 Å². The molecule has 186 valence electrons. The van der Waals surface area contributed by atoms with E-state index in [0.29, 0.717) is 5.69 Å². The van der Waals surface area contributed by atoms with E-state index in [1.165, 1.54) is 11.0 Å². The Balaban J connectivity index is 1.62. The number of aryl methyl sites for hydroxylation is 2. The number of alkyl halides is 3. The van der Waals surface area contributed by atoms with E-state index < -0.39 is 40.3 Å². The van der Waals surface area contributed by atoms with Crippen LogP contribution >= 0.6 is 12.2 Å². The molecule has 0 aliphatic carbocycles. The van der Waals surface area contributed by atoms with Gasteiger partial charge in [0.15, 0.2) is 10.9 Å². The van der Waals surface area contributed by atoms with E-state index in [-0.39, 0.29) is 5.11 Å². The molecule has 1 fully saturated rings. The summed E-state index contributed by atoms with van der Waals surface area (Å²) in [4.78, 5) is 22.8. The summed E-state index contributed by atoms with van der Waals surface area (Å²) < 4.78 is 55.7. The van der Waals surface area contributed by atoms with Crippen molar-refractivity contribution in [3.8, 4) is 6.07 Å². The van der Waals surface area contributed by atoms with Gasteiger partial charge in [-0.1, -0.05) is 12.1 Å². The highest BCUT2D eigenvalue weighted by Gasteiger charge is 2.51. The van der Waals surface area contributed by atoms with Crippen LogP contribution in [-0.4, -0.2) is 26.5 Å².